The summed E-state index contributed by atoms with van der Waals surface area (Å²) in [6.07, 6.45) is 1.01. The Morgan fingerprint density at radius 2 is 2.04 bits per heavy atom. The monoisotopic (exact) mass is 420 g/mol. The summed E-state index contributed by atoms with van der Waals surface area (Å²) in [6.45, 7) is 4.49. The van der Waals surface area contributed by atoms with Crippen LogP contribution in [0.15, 0.2) is 36.9 Å². The molecule has 4 atom stereocenters. The van der Waals surface area contributed by atoms with E-state index in [1.165, 1.54) is 24.3 Å². The summed E-state index contributed by atoms with van der Waals surface area (Å²) in [5.41, 5.74) is 0. The number of nitrogens with zero attached hydrogens (tertiary/aromatic N) is 2. The number of aliphatic carboxylic acids is 1. The summed E-state index contributed by atoms with van der Waals surface area (Å²) in [4.78, 5) is 42.0. The van der Waals surface area contributed by atoms with Gasteiger partial charge < -0.3 is 14.5 Å². The van der Waals surface area contributed by atoms with Crippen LogP contribution >= 0.6 is 22.3 Å². The maximum atomic E-state index is 12.5. The van der Waals surface area contributed by atoms with Gasteiger partial charge in [0.25, 0.3) is 11.8 Å². The van der Waals surface area contributed by atoms with Gasteiger partial charge in [0.15, 0.2) is 22.5 Å². The van der Waals surface area contributed by atoms with Crippen LogP contribution in [0, 0.1) is 0 Å². The number of carbonyl (C=O) groups is 3. The smallest absolute Gasteiger partial charge is 0.330 e. The fraction of sp³-hybridized carbons (Fsp3) is 0.267. The Hall–Kier alpha value is -1.94. The molecule has 11 heteroatoms. The summed E-state index contributed by atoms with van der Waals surface area (Å²) in [5, 5.41) is 9.07. The number of hydrogen-bond donors (Lipinski definition) is 1. The Kier molecular flexibility index (Phi) is 6.40. The van der Waals surface area contributed by atoms with E-state index in [4.69, 9.17) is 27.1 Å². The first-order valence-electron chi connectivity index (χ1n) is 7.16. The van der Waals surface area contributed by atoms with Gasteiger partial charge in [-0.15, -0.1) is 6.58 Å². The van der Waals surface area contributed by atoms with Crippen molar-refractivity contribution in [1.29, 1.82) is 0 Å². The number of hydrogen-bond acceptors (Lipinski definition) is 5. The van der Waals surface area contributed by atoms with E-state index >= 15 is 0 Å². The quantitative estimate of drug-likeness (QED) is 0.310. The van der Waals surface area contributed by atoms with Crippen molar-refractivity contribution in [3.8, 4) is 5.75 Å². The van der Waals surface area contributed by atoms with Crippen molar-refractivity contribution in [1.82, 2.24) is 9.96 Å². The Morgan fingerprint density at radius 3 is 2.46 bits per heavy atom. The van der Waals surface area contributed by atoms with Crippen molar-refractivity contribution < 1.29 is 28.9 Å². The molecule has 1 aliphatic rings. The van der Waals surface area contributed by atoms with Gasteiger partial charge in [0.1, 0.15) is 0 Å². The van der Waals surface area contributed by atoms with Crippen LogP contribution in [-0.4, -0.2) is 54.9 Å². The lowest BCUT2D eigenvalue weighted by Gasteiger charge is -2.48. The second kappa shape index (κ2) is 8.17. The highest BCUT2D eigenvalue weighted by atomic mass is 35.7. The zero-order valence-corrected chi connectivity index (χ0v) is 15.7. The van der Waals surface area contributed by atoms with E-state index in [0.29, 0.717) is 5.02 Å². The van der Waals surface area contributed by atoms with Crippen molar-refractivity contribution in [3.05, 3.63) is 41.9 Å². The standard InChI is InChI=1S/C15H14Cl2N2O6S/c1-3-11(15(22)23)18-13(21)12(14(18)26(17)24)19(8(2)20)25-10-6-4-9(16)5-7-10/h3-7,11-12,14H,1H2,2H3,(H,22,23). The maximum Gasteiger partial charge on any atom is 0.330 e. The molecule has 1 heterocycles. The van der Waals surface area contributed by atoms with Crippen LogP contribution in [0.5, 0.6) is 5.75 Å². The fourth-order valence-corrected chi connectivity index (χ4v) is 3.95. The molecule has 0 saturated carbocycles. The molecule has 4 unspecified atom stereocenters. The first-order valence-corrected chi connectivity index (χ1v) is 9.58. The number of hydroxylamine groups is 2. The Balaban J connectivity index is 2.31. The highest BCUT2D eigenvalue weighted by Gasteiger charge is 2.62. The minimum absolute atomic E-state index is 0.202. The van der Waals surface area contributed by atoms with Crippen molar-refractivity contribution in [2.24, 2.45) is 0 Å². The van der Waals surface area contributed by atoms with E-state index in [2.05, 4.69) is 6.58 Å². The molecule has 1 aromatic rings. The van der Waals surface area contributed by atoms with Gasteiger partial charge in [0.05, 0.1) is 10.4 Å². The number of halogens is 2. The summed E-state index contributed by atoms with van der Waals surface area (Å²) in [6, 6.07) is 3.18. The number of carbonyl (C=O) groups excluding carboxylic acids is 2. The first-order chi connectivity index (χ1) is 12.2. The number of carboxylic acids is 1. The maximum absolute atomic E-state index is 12.5. The van der Waals surface area contributed by atoms with Crippen LogP contribution in [0.2, 0.25) is 5.02 Å². The van der Waals surface area contributed by atoms with Gasteiger partial charge in [-0.1, -0.05) is 17.7 Å². The summed E-state index contributed by atoms with van der Waals surface area (Å²) in [7, 11) is 3.48. The van der Waals surface area contributed by atoms with Gasteiger partial charge in [0.2, 0.25) is 11.4 Å². The minimum atomic E-state index is -2.17. The number of carboxylic acid groups (broad SMARTS) is 1. The van der Waals surface area contributed by atoms with Crippen LogP contribution in [0.4, 0.5) is 0 Å². The zero-order chi connectivity index (χ0) is 19.6. The highest BCUT2D eigenvalue weighted by Crippen LogP contribution is 2.34. The van der Waals surface area contributed by atoms with E-state index in [0.717, 1.165) is 23.0 Å². The van der Waals surface area contributed by atoms with Crippen LogP contribution in [0.3, 0.4) is 0 Å². The molecule has 0 bridgehead atoms. The molecule has 0 radical (unpaired) electrons. The molecular weight excluding hydrogens is 407 g/mol. The fourth-order valence-electron chi connectivity index (χ4n) is 2.43. The summed E-state index contributed by atoms with van der Waals surface area (Å²) in [5.74, 6) is -2.60. The molecule has 8 nitrogen and oxygen atoms in total. The molecule has 2 amide bonds. The second-order valence-corrected chi connectivity index (χ2v) is 7.57. The third kappa shape index (κ3) is 3.90. The molecule has 26 heavy (non-hydrogen) atoms. The number of likely N-dealkylation sites (tertiary alicyclic amines) is 1. The molecule has 1 aliphatic heterocycles. The Bertz CT molecular complexity index is 729. The lowest BCUT2D eigenvalue weighted by Crippen LogP contribution is -2.76. The van der Waals surface area contributed by atoms with Crippen LogP contribution in [-0.2, 0) is 24.8 Å². The largest absolute Gasteiger partial charge is 0.597 e. The number of amides is 2. The SMILES string of the molecule is C=CC(C(=O)O)N1C(=O)C(N(Oc2ccc(Cl)cc2)C(C)=O)C1[S+]([O-])Cl. The van der Waals surface area contributed by atoms with Gasteiger partial charge in [-0.05, 0) is 24.3 Å². The van der Waals surface area contributed by atoms with Gasteiger partial charge in [-0.3, -0.25) is 14.5 Å². The predicted molar refractivity (Wildman–Crippen MR) is 94.6 cm³/mol. The number of β-lactam (4-membered cyclic amide) rings is 1. The molecular formula is C15H14Cl2N2O6S. The molecule has 140 valence electrons. The lowest BCUT2D eigenvalue weighted by molar-refractivity contribution is -0.193. The Morgan fingerprint density at radius 1 is 1.46 bits per heavy atom. The third-order valence-corrected chi connectivity index (χ3v) is 5.26. The van der Waals surface area contributed by atoms with E-state index in [1.807, 2.05) is 0 Å². The second-order valence-electron chi connectivity index (χ2n) is 5.24. The molecule has 1 N–H and O–H groups in total. The van der Waals surface area contributed by atoms with E-state index < -0.39 is 45.6 Å². The Labute approximate surface area is 161 Å². The number of benzene rings is 1. The molecule has 2 rings (SSSR count). The molecule has 0 spiro atoms. The van der Waals surface area contributed by atoms with Crippen molar-refractivity contribution in [2.75, 3.05) is 0 Å². The molecule has 1 fully saturated rings. The summed E-state index contributed by atoms with van der Waals surface area (Å²) >= 11 is 5.78. The molecule has 0 aliphatic carbocycles. The predicted octanol–water partition coefficient (Wildman–Crippen LogP) is 1.56. The minimum Gasteiger partial charge on any atom is -0.597 e. The van der Waals surface area contributed by atoms with E-state index in [-0.39, 0.29) is 5.75 Å². The normalized spacial score (nSPS) is 21.4. The van der Waals surface area contributed by atoms with Crippen molar-refractivity contribution >= 4 is 50.5 Å². The van der Waals surface area contributed by atoms with Gasteiger partial charge >= 0.3 is 5.97 Å². The topological polar surface area (TPSA) is 110 Å². The number of rotatable bonds is 7. The van der Waals surface area contributed by atoms with E-state index in [9.17, 15) is 24.0 Å². The van der Waals surface area contributed by atoms with Crippen LogP contribution < -0.4 is 4.84 Å². The molecule has 1 aromatic carbocycles. The average Bonchev–Trinajstić information content (AvgIpc) is 2.56. The van der Waals surface area contributed by atoms with Crippen LogP contribution in [0.1, 0.15) is 6.92 Å². The average molecular weight is 421 g/mol. The molecule has 0 aromatic heterocycles. The summed E-state index contributed by atoms with van der Waals surface area (Å²) < 4.78 is 11.9. The molecule has 1 saturated heterocycles. The third-order valence-electron chi connectivity index (χ3n) is 3.60. The van der Waals surface area contributed by atoms with Gasteiger partial charge in [-0.2, -0.15) is 5.06 Å². The first kappa shape index (κ1) is 20.4. The van der Waals surface area contributed by atoms with Gasteiger partial charge in [-0.25, -0.2) is 4.79 Å². The van der Waals surface area contributed by atoms with Gasteiger partial charge in [0, 0.05) is 11.9 Å². The highest BCUT2D eigenvalue weighted by molar-refractivity contribution is 8.14. The van der Waals surface area contributed by atoms with E-state index in [1.54, 1.807) is 0 Å². The van der Waals surface area contributed by atoms with Crippen LogP contribution in [0.25, 0.3) is 0 Å². The lowest BCUT2D eigenvalue weighted by atomic mass is 10.0. The van der Waals surface area contributed by atoms with Crippen molar-refractivity contribution in [2.45, 2.75) is 24.4 Å². The zero-order valence-electron chi connectivity index (χ0n) is 13.4. The van der Waals surface area contributed by atoms with Crippen molar-refractivity contribution in [3.63, 3.8) is 0 Å².